The number of nitrogens with zero attached hydrogens (tertiary/aromatic N) is 6. The van der Waals surface area contributed by atoms with Crippen molar-refractivity contribution in [2.75, 3.05) is 56.5 Å². The minimum absolute atomic E-state index is 0.0981. The number of halogens is 1. The summed E-state index contributed by atoms with van der Waals surface area (Å²) in [4.78, 5) is 60.6. The summed E-state index contributed by atoms with van der Waals surface area (Å²) in [6, 6.07) is 12.1. The van der Waals surface area contributed by atoms with Gasteiger partial charge in [0.2, 0.25) is 5.91 Å². The van der Waals surface area contributed by atoms with Gasteiger partial charge in [-0.05, 0) is 96.2 Å². The summed E-state index contributed by atoms with van der Waals surface area (Å²) in [5, 5.41) is 10.00. The maximum atomic E-state index is 13.6. The van der Waals surface area contributed by atoms with E-state index in [-0.39, 0.29) is 35.3 Å². The quantitative estimate of drug-likeness (QED) is 0.344. The van der Waals surface area contributed by atoms with Crippen LogP contribution in [0.3, 0.4) is 0 Å². The summed E-state index contributed by atoms with van der Waals surface area (Å²) in [5.74, 6) is 1.13. The Labute approximate surface area is 305 Å². The van der Waals surface area contributed by atoms with E-state index in [1.807, 2.05) is 29.2 Å². The maximum absolute atomic E-state index is 13.6. The molecule has 0 aliphatic carbocycles. The first kappa shape index (κ1) is 35.1. The van der Waals surface area contributed by atoms with Gasteiger partial charge in [-0.3, -0.25) is 24.5 Å². The van der Waals surface area contributed by atoms with E-state index in [4.69, 9.17) is 4.74 Å². The van der Waals surface area contributed by atoms with E-state index in [0.29, 0.717) is 28.2 Å². The van der Waals surface area contributed by atoms with Crippen molar-refractivity contribution in [2.24, 2.45) is 12.5 Å². The molecule has 2 N–H and O–H groups in total. The zero-order chi connectivity index (χ0) is 35.7. The third-order valence-electron chi connectivity index (χ3n) is 11.1. The van der Waals surface area contributed by atoms with Crippen molar-refractivity contribution in [3.05, 3.63) is 74.7 Å². The lowest BCUT2D eigenvalue weighted by Gasteiger charge is -2.47. The summed E-state index contributed by atoms with van der Waals surface area (Å²) in [5.41, 5.74) is 2.71. The van der Waals surface area contributed by atoms with Gasteiger partial charge in [0.05, 0.1) is 18.1 Å². The Morgan fingerprint density at radius 2 is 1.69 bits per heavy atom. The van der Waals surface area contributed by atoms with Crippen LogP contribution >= 0.6 is 15.9 Å². The molecule has 3 amide bonds. The first-order chi connectivity index (χ1) is 24.6. The molecule has 3 atom stereocenters. The summed E-state index contributed by atoms with van der Waals surface area (Å²) in [6.07, 6.45) is 8.31. The highest BCUT2D eigenvalue weighted by atomic mass is 79.9. The Balaban J connectivity index is 0.887. The minimum Gasteiger partial charge on any atom is -0.479 e. The molecule has 0 bridgehead atoms. The lowest BCUT2D eigenvalue weighted by molar-refractivity contribution is -0.138. The summed E-state index contributed by atoms with van der Waals surface area (Å²) in [7, 11) is 3.75. The number of nitrogens with one attached hydrogen (secondary N) is 2. The second kappa shape index (κ2) is 14.7. The van der Waals surface area contributed by atoms with Gasteiger partial charge in [0.25, 0.3) is 17.4 Å². The van der Waals surface area contributed by atoms with E-state index in [9.17, 15) is 19.2 Å². The van der Waals surface area contributed by atoms with Crippen LogP contribution in [0.1, 0.15) is 66.8 Å². The number of hydrogen-bond acceptors (Lipinski definition) is 10. The number of anilines is 2. The van der Waals surface area contributed by atoms with Crippen LogP contribution in [0.4, 0.5) is 11.5 Å². The van der Waals surface area contributed by atoms with Crippen molar-refractivity contribution in [2.45, 2.75) is 63.0 Å². The number of amides is 3. The molecule has 0 saturated carbocycles. The lowest BCUT2D eigenvalue weighted by atomic mass is 9.71. The van der Waals surface area contributed by atoms with E-state index in [2.05, 4.69) is 65.6 Å². The lowest BCUT2D eigenvalue weighted by Crippen LogP contribution is -2.48. The normalized spacial score (nSPS) is 23.9. The molecule has 6 heterocycles. The van der Waals surface area contributed by atoms with Gasteiger partial charge < -0.3 is 24.8 Å². The predicted molar refractivity (Wildman–Crippen MR) is 196 cm³/mol. The number of likely N-dealkylation sites (N-methyl/N-ethyl adjacent to an activating group) is 1. The van der Waals surface area contributed by atoms with Crippen molar-refractivity contribution >= 4 is 45.2 Å². The predicted octanol–water partition coefficient (Wildman–Crippen LogP) is 3.54. The smallest absolute Gasteiger partial charge is 0.282 e. The Morgan fingerprint density at radius 3 is 2.37 bits per heavy atom. The third-order valence-corrected chi connectivity index (χ3v) is 11.9. The maximum Gasteiger partial charge on any atom is 0.282 e. The number of imide groups is 1. The highest BCUT2D eigenvalue weighted by molar-refractivity contribution is 9.10. The molecule has 4 aliphatic heterocycles. The molecule has 51 heavy (non-hydrogen) atoms. The monoisotopic (exact) mass is 760 g/mol. The third kappa shape index (κ3) is 7.81. The molecule has 270 valence electrons. The molecule has 1 unspecified atom stereocenters. The van der Waals surface area contributed by atoms with Crippen LogP contribution in [0, 0.1) is 5.41 Å². The molecule has 13 nitrogen and oxygen atoms in total. The van der Waals surface area contributed by atoms with Gasteiger partial charge in [0.15, 0.2) is 6.10 Å². The van der Waals surface area contributed by atoms with E-state index < -0.39 is 12.0 Å². The highest BCUT2D eigenvalue weighted by Gasteiger charge is 2.39. The first-order valence-corrected chi connectivity index (χ1v) is 18.6. The molecule has 4 fully saturated rings. The Kier molecular flexibility index (Phi) is 10.2. The van der Waals surface area contributed by atoms with Crippen LogP contribution in [0.15, 0.2) is 58.1 Å². The van der Waals surface area contributed by atoms with Crippen molar-refractivity contribution < 1.29 is 19.1 Å². The molecular weight excluding hydrogens is 716 g/mol. The molecule has 1 aromatic carbocycles. The number of benzene rings is 1. The second-order valence-electron chi connectivity index (χ2n) is 14.6. The SMILES string of the molecule is CN1C[C@H](Nc2cnn(C)c(=O)c2Br)C[C@H](c2ccc(C(=O)N3CCC4(CC3)CCN(c3ccc(OC5CCC(=O)NC5=O)cn3)CC4)cc2)C1. The van der Waals surface area contributed by atoms with Crippen molar-refractivity contribution in [3.63, 3.8) is 0 Å². The van der Waals surface area contributed by atoms with Gasteiger partial charge in [-0.1, -0.05) is 12.1 Å². The van der Waals surface area contributed by atoms with Gasteiger partial charge in [-0.2, -0.15) is 5.10 Å². The van der Waals surface area contributed by atoms with Crippen LogP contribution in [0.25, 0.3) is 0 Å². The summed E-state index contributed by atoms with van der Waals surface area (Å²) >= 11 is 3.43. The first-order valence-electron chi connectivity index (χ1n) is 17.8. The Bertz CT molecular complexity index is 1820. The Hall–Kier alpha value is -4.30. The molecule has 7 rings (SSSR count). The van der Waals surface area contributed by atoms with Crippen molar-refractivity contribution in [3.8, 4) is 5.75 Å². The van der Waals surface area contributed by atoms with Gasteiger partial charge >= 0.3 is 0 Å². The number of pyridine rings is 1. The number of aromatic nitrogens is 3. The molecule has 3 aromatic rings. The average molecular weight is 762 g/mol. The fourth-order valence-electron chi connectivity index (χ4n) is 8.05. The van der Waals surface area contributed by atoms with Gasteiger partial charge in [-0.25, -0.2) is 9.67 Å². The number of ether oxygens (including phenoxy) is 1. The van der Waals surface area contributed by atoms with Crippen molar-refractivity contribution in [1.29, 1.82) is 0 Å². The minimum atomic E-state index is -0.676. The standard InChI is InChI=1S/C37H45BrN8O5/c1-43-22-26(19-27(23-43)41-29-21-40-44(2)36(50)33(29)38)24-3-5-25(6-4-24)35(49)46-17-13-37(14-18-46)11-15-45(16-12-37)31-9-7-28(20-39-31)51-30-8-10-32(47)42-34(30)48/h3-7,9,20-21,26-27,30,41H,8,10-19,22-23H2,1-2H3,(H,42,47,48)/t26-,27+,30?/m0/s1. The van der Waals surface area contributed by atoms with Crippen LogP contribution in [0.2, 0.25) is 0 Å². The number of likely N-dealkylation sites (tertiary alicyclic amines) is 2. The zero-order valence-electron chi connectivity index (χ0n) is 29.1. The zero-order valence-corrected chi connectivity index (χ0v) is 30.7. The molecule has 4 saturated heterocycles. The van der Waals surface area contributed by atoms with Crippen molar-refractivity contribution in [1.82, 2.24) is 29.9 Å². The van der Waals surface area contributed by atoms with E-state index in [1.54, 1.807) is 19.4 Å². The molecular formula is C37H45BrN8O5. The fourth-order valence-corrected chi connectivity index (χ4v) is 8.52. The molecule has 1 spiro atoms. The number of piperidine rings is 4. The van der Waals surface area contributed by atoms with Gasteiger partial charge in [-0.15, -0.1) is 0 Å². The number of carbonyl (C=O) groups excluding carboxylic acids is 3. The van der Waals surface area contributed by atoms with E-state index >= 15 is 0 Å². The largest absolute Gasteiger partial charge is 0.479 e. The fraction of sp³-hybridized carbons (Fsp3) is 0.514. The topological polar surface area (TPSA) is 142 Å². The second-order valence-corrected chi connectivity index (χ2v) is 15.4. The van der Waals surface area contributed by atoms with Crippen LogP contribution in [-0.4, -0.2) is 101 Å². The highest BCUT2D eigenvalue weighted by Crippen LogP contribution is 2.42. The number of aryl methyl sites for hydroxylation is 1. The van der Waals surface area contributed by atoms with Crippen LogP contribution in [-0.2, 0) is 16.6 Å². The molecule has 0 radical (unpaired) electrons. The number of rotatable bonds is 7. The Morgan fingerprint density at radius 1 is 0.961 bits per heavy atom. The molecule has 2 aromatic heterocycles. The van der Waals surface area contributed by atoms with Crippen LogP contribution < -0.4 is 25.8 Å². The summed E-state index contributed by atoms with van der Waals surface area (Å²) in [6.45, 7) is 5.11. The van der Waals surface area contributed by atoms with E-state index in [0.717, 1.165) is 82.8 Å². The summed E-state index contributed by atoms with van der Waals surface area (Å²) < 4.78 is 7.58. The number of hydrogen-bond donors (Lipinski definition) is 2. The molecule has 14 heteroatoms. The van der Waals surface area contributed by atoms with E-state index in [1.165, 1.54) is 10.2 Å². The number of carbonyl (C=O) groups is 3. The average Bonchev–Trinajstić information content (AvgIpc) is 3.14. The van der Waals surface area contributed by atoms with Gasteiger partial charge in [0, 0.05) is 70.8 Å². The van der Waals surface area contributed by atoms with Gasteiger partial charge in [0.1, 0.15) is 16.0 Å². The van der Waals surface area contributed by atoms with Crippen LogP contribution in [0.5, 0.6) is 5.75 Å². The molecule has 4 aliphatic rings.